The van der Waals surface area contributed by atoms with Crippen LogP contribution >= 0.6 is 11.6 Å². The van der Waals surface area contributed by atoms with Gasteiger partial charge in [-0.15, -0.1) is 0 Å². The van der Waals surface area contributed by atoms with Gasteiger partial charge in [0.2, 0.25) is 10.0 Å². The molecule has 0 aliphatic heterocycles. The van der Waals surface area contributed by atoms with Crippen molar-refractivity contribution in [3.05, 3.63) is 58.9 Å². The normalized spacial score (nSPS) is 11.8. The highest BCUT2D eigenvalue weighted by Gasteiger charge is 2.23. The van der Waals surface area contributed by atoms with Crippen molar-refractivity contribution in [2.45, 2.75) is 11.4 Å². The fraction of sp³-hybridized carbons (Fsp3) is 0.143. The fourth-order valence-electron chi connectivity index (χ4n) is 1.85. The summed E-state index contributed by atoms with van der Waals surface area (Å²) in [5.74, 6) is -0.544. The largest absolute Gasteiger partial charge is 0.399 e. The molecule has 2 N–H and O–H groups in total. The molecule has 0 saturated heterocycles. The topological polar surface area (TPSA) is 63.4 Å². The Balaban J connectivity index is 2.33. The lowest BCUT2D eigenvalue weighted by molar-refractivity contribution is 0.456. The third-order valence-electron chi connectivity index (χ3n) is 3.01. The molecule has 2 rings (SSSR count). The van der Waals surface area contributed by atoms with Gasteiger partial charge >= 0.3 is 0 Å². The average molecular weight is 329 g/mol. The molecule has 7 heteroatoms. The molecule has 0 aliphatic carbocycles. The maximum atomic E-state index is 13.7. The number of sulfonamides is 1. The van der Waals surface area contributed by atoms with Crippen LogP contribution in [0.2, 0.25) is 5.02 Å². The first-order valence-electron chi connectivity index (χ1n) is 6.07. The van der Waals surface area contributed by atoms with Crippen LogP contribution in [0.5, 0.6) is 0 Å². The number of rotatable bonds is 4. The van der Waals surface area contributed by atoms with E-state index in [2.05, 4.69) is 0 Å². The predicted octanol–water partition coefficient (Wildman–Crippen LogP) is 2.88. The smallest absolute Gasteiger partial charge is 0.243 e. The van der Waals surface area contributed by atoms with E-state index in [-0.39, 0.29) is 22.0 Å². The summed E-state index contributed by atoms with van der Waals surface area (Å²) in [5.41, 5.74) is 6.07. The molecule has 0 bridgehead atoms. The summed E-state index contributed by atoms with van der Waals surface area (Å²) in [7, 11) is -2.40. The number of nitrogen functional groups attached to an aromatic ring is 1. The molecule has 2 aromatic rings. The summed E-state index contributed by atoms with van der Waals surface area (Å²) in [5, 5.41) is 0.185. The Morgan fingerprint density at radius 2 is 1.90 bits per heavy atom. The van der Waals surface area contributed by atoms with E-state index in [1.54, 1.807) is 12.1 Å². The van der Waals surface area contributed by atoms with E-state index < -0.39 is 15.8 Å². The van der Waals surface area contributed by atoms with Crippen LogP contribution < -0.4 is 5.73 Å². The van der Waals surface area contributed by atoms with Crippen molar-refractivity contribution in [2.24, 2.45) is 0 Å². The molecule has 0 saturated carbocycles. The van der Waals surface area contributed by atoms with Gasteiger partial charge in [-0.05, 0) is 30.3 Å². The molecule has 112 valence electrons. The van der Waals surface area contributed by atoms with Crippen LogP contribution in [0, 0.1) is 5.82 Å². The SMILES string of the molecule is CN(Cc1c(F)cccc1Cl)S(=O)(=O)c1cccc(N)c1. The lowest BCUT2D eigenvalue weighted by Gasteiger charge is -2.18. The van der Waals surface area contributed by atoms with Gasteiger partial charge in [-0.2, -0.15) is 4.31 Å². The van der Waals surface area contributed by atoms with Gasteiger partial charge in [0.05, 0.1) is 4.90 Å². The first-order valence-corrected chi connectivity index (χ1v) is 7.89. The summed E-state index contributed by atoms with van der Waals surface area (Å²) in [6, 6.07) is 10.1. The maximum Gasteiger partial charge on any atom is 0.243 e. The lowest BCUT2D eigenvalue weighted by Crippen LogP contribution is -2.27. The molecule has 0 aliphatic rings. The van der Waals surface area contributed by atoms with Gasteiger partial charge in [0.1, 0.15) is 5.82 Å². The van der Waals surface area contributed by atoms with Crippen molar-refractivity contribution in [3.8, 4) is 0 Å². The molecule has 0 unspecified atom stereocenters. The summed E-state index contributed by atoms with van der Waals surface area (Å²) >= 11 is 5.91. The van der Waals surface area contributed by atoms with Gasteiger partial charge in [0, 0.05) is 29.9 Å². The molecule has 0 amide bonds. The molecule has 21 heavy (non-hydrogen) atoms. The molecule has 0 aromatic heterocycles. The highest BCUT2D eigenvalue weighted by atomic mass is 35.5. The highest BCUT2D eigenvalue weighted by molar-refractivity contribution is 7.89. The lowest BCUT2D eigenvalue weighted by atomic mass is 10.2. The van der Waals surface area contributed by atoms with E-state index in [0.717, 1.165) is 4.31 Å². The molecule has 0 heterocycles. The van der Waals surface area contributed by atoms with E-state index in [4.69, 9.17) is 17.3 Å². The van der Waals surface area contributed by atoms with Gasteiger partial charge in [-0.1, -0.05) is 23.7 Å². The van der Waals surface area contributed by atoms with Crippen LogP contribution in [0.3, 0.4) is 0 Å². The molecular formula is C14H14ClFN2O2S. The van der Waals surface area contributed by atoms with E-state index in [1.807, 2.05) is 0 Å². The van der Waals surface area contributed by atoms with Crippen molar-refractivity contribution in [2.75, 3.05) is 12.8 Å². The first kappa shape index (κ1) is 15.8. The Morgan fingerprint density at radius 1 is 1.24 bits per heavy atom. The summed E-state index contributed by atoms with van der Waals surface area (Å²) < 4.78 is 39.6. The number of benzene rings is 2. The van der Waals surface area contributed by atoms with Crippen molar-refractivity contribution in [3.63, 3.8) is 0 Å². The van der Waals surface area contributed by atoms with Crippen molar-refractivity contribution < 1.29 is 12.8 Å². The molecule has 0 radical (unpaired) electrons. The number of hydrogen-bond donors (Lipinski definition) is 1. The van der Waals surface area contributed by atoms with E-state index in [9.17, 15) is 12.8 Å². The monoisotopic (exact) mass is 328 g/mol. The van der Waals surface area contributed by atoms with Gasteiger partial charge in [-0.3, -0.25) is 0 Å². The Hall–Kier alpha value is -1.63. The zero-order valence-electron chi connectivity index (χ0n) is 11.3. The van der Waals surface area contributed by atoms with Crippen molar-refractivity contribution in [1.29, 1.82) is 0 Å². The summed E-state index contributed by atoms with van der Waals surface area (Å²) in [6.45, 7) is -0.164. The molecule has 4 nitrogen and oxygen atoms in total. The molecule has 0 atom stereocenters. The van der Waals surface area contributed by atoms with E-state index in [0.29, 0.717) is 5.69 Å². The Morgan fingerprint density at radius 3 is 2.52 bits per heavy atom. The molecule has 2 aromatic carbocycles. The van der Waals surface area contributed by atoms with E-state index >= 15 is 0 Å². The maximum absolute atomic E-state index is 13.7. The second kappa shape index (κ2) is 6.01. The van der Waals surface area contributed by atoms with E-state index in [1.165, 1.54) is 37.4 Å². The Bertz CT molecular complexity index is 745. The van der Waals surface area contributed by atoms with Crippen LogP contribution in [0.25, 0.3) is 0 Å². The molecular weight excluding hydrogens is 315 g/mol. The minimum Gasteiger partial charge on any atom is -0.399 e. The van der Waals surface area contributed by atoms with Gasteiger partial charge in [0.15, 0.2) is 0 Å². The third-order valence-corrected chi connectivity index (χ3v) is 5.16. The third kappa shape index (κ3) is 3.34. The summed E-state index contributed by atoms with van der Waals surface area (Å²) in [6.07, 6.45) is 0. The Labute approximate surface area is 128 Å². The number of nitrogens with two attached hydrogens (primary N) is 1. The number of anilines is 1. The van der Waals surface area contributed by atoms with Crippen molar-refractivity contribution in [1.82, 2.24) is 4.31 Å². The van der Waals surface area contributed by atoms with Gasteiger partial charge in [0.25, 0.3) is 0 Å². The quantitative estimate of drug-likeness (QED) is 0.878. The van der Waals surface area contributed by atoms with Gasteiger partial charge < -0.3 is 5.73 Å². The zero-order valence-corrected chi connectivity index (χ0v) is 12.8. The number of nitrogens with zero attached hydrogens (tertiary/aromatic N) is 1. The Kier molecular flexibility index (Phi) is 4.51. The van der Waals surface area contributed by atoms with Crippen LogP contribution in [0.15, 0.2) is 47.4 Å². The molecule has 0 fully saturated rings. The summed E-state index contributed by atoms with van der Waals surface area (Å²) in [4.78, 5) is 0.0532. The highest BCUT2D eigenvalue weighted by Crippen LogP contribution is 2.24. The van der Waals surface area contributed by atoms with Crippen molar-refractivity contribution >= 4 is 27.3 Å². The standard InChI is InChI=1S/C14H14ClFN2O2S/c1-18(9-12-13(15)6-3-7-14(12)16)21(19,20)11-5-2-4-10(17)8-11/h2-8H,9,17H2,1H3. The predicted molar refractivity (Wildman–Crippen MR) is 80.9 cm³/mol. The number of halogens is 2. The number of hydrogen-bond acceptors (Lipinski definition) is 3. The van der Waals surface area contributed by atoms with Gasteiger partial charge in [-0.25, -0.2) is 12.8 Å². The average Bonchev–Trinajstić information content (AvgIpc) is 2.42. The zero-order chi connectivity index (χ0) is 15.6. The minimum absolute atomic E-state index is 0.0532. The minimum atomic E-state index is -3.77. The molecule has 0 spiro atoms. The second-order valence-electron chi connectivity index (χ2n) is 4.53. The second-order valence-corrected chi connectivity index (χ2v) is 6.99. The van der Waals surface area contributed by atoms with Crippen LogP contribution in [-0.2, 0) is 16.6 Å². The van der Waals surface area contributed by atoms with Crippen LogP contribution in [0.1, 0.15) is 5.56 Å². The van der Waals surface area contributed by atoms with Crippen LogP contribution in [0.4, 0.5) is 10.1 Å². The fourth-order valence-corrected chi connectivity index (χ4v) is 3.26. The van der Waals surface area contributed by atoms with Crippen LogP contribution in [-0.4, -0.2) is 19.8 Å². The first-order chi connectivity index (χ1) is 9.82.